The Kier molecular flexibility index (Phi) is 8.80. The number of nitrogens with zero attached hydrogens (tertiary/aromatic N) is 2. The first-order valence-corrected chi connectivity index (χ1v) is 12.3. The molecule has 0 bridgehead atoms. The summed E-state index contributed by atoms with van der Waals surface area (Å²) in [6, 6.07) is 17.7. The molecule has 4 heteroatoms. The highest BCUT2D eigenvalue weighted by atomic mass is 16.5. The fraction of sp³-hybridized carbons (Fsp3) is 0.552. The molecule has 2 aromatic rings. The van der Waals surface area contributed by atoms with E-state index in [4.69, 9.17) is 9.47 Å². The summed E-state index contributed by atoms with van der Waals surface area (Å²) in [6.45, 7) is 6.45. The SMILES string of the molecule is COc1cc(CCN(C)CCCC(C#N)(C(C)C)C2CCc3ccccc3C2)cc(OC)c1. The number of hydrogen-bond acceptors (Lipinski definition) is 4. The predicted molar refractivity (Wildman–Crippen MR) is 135 cm³/mol. The zero-order valence-corrected chi connectivity index (χ0v) is 21.1. The summed E-state index contributed by atoms with van der Waals surface area (Å²) in [5, 5.41) is 10.4. The van der Waals surface area contributed by atoms with Crippen LogP contribution in [0.1, 0.15) is 49.8 Å². The van der Waals surface area contributed by atoms with Crippen LogP contribution in [0.5, 0.6) is 11.5 Å². The van der Waals surface area contributed by atoms with Gasteiger partial charge in [-0.05, 0) is 92.8 Å². The van der Waals surface area contributed by atoms with Crippen molar-refractivity contribution in [1.29, 1.82) is 5.26 Å². The molecule has 1 aliphatic rings. The Hall–Kier alpha value is -2.51. The van der Waals surface area contributed by atoms with Gasteiger partial charge in [-0.15, -0.1) is 0 Å². The van der Waals surface area contributed by atoms with E-state index in [-0.39, 0.29) is 5.41 Å². The number of methoxy groups -OCH3 is 2. The van der Waals surface area contributed by atoms with Crippen molar-refractivity contribution in [3.63, 3.8) is 0 Å². The molecule has 3 rings (SSSR count). The fourth-order valence-electron chi connectivity index (χ4n) is 5.46. The summed E-state index contributed by atoms with van der Waals surface area (Å²) in [4.78, 5) is 2.38. The van der Waals surface area contributed by atoms with E-state index in [1.54, 1.807) is 14.2 Å². The molecule has 4 nitrogen and oxygen atoms in total. The lowest BCUT2D eigenvalue weighted by atomic mass is 9.61. The van der Waals surface area contributed by atoms with Crippen LogP contribution in [0.2, 0.25) is 0 Å². The van der Waals surface area contributed by atoms with Gasteiger partial charge in [0.2, 0.25) is 0 Å². The zero-order valence-electron chi connectivity index (χ0n) is 21.1. The van der Waals surface area contributed by atoms with Crippen molar-refractivity contribution in [3.05, 3.63) is 59.2 Å². The summed E-state index contributed by atoms with van der Waals surface area (Å²) in [7, 11) is 5.55. The van der Waals surface area contributed by atoms with Gasteiger partial charge in [0, 0.05) is 12.6 Å². The van der Waals surface area contributed by atoms with Crippen LogP contribution in [0.15, 0.2) is 42.5 Å². The second-order valence-electron chi connectivity index (χ2n) is 9.89. The van der Waals surface area contributed by atoms with Crippen LogP contribution in [0, 0.1) is 28.6 Å². The molecule has 0 fully saturated rings. The topological polar surface area (TPSA) is 45.5 Å². The zero-order chi connectivity index (χ0) is 23.8. The molecule has 2 unspecified atom stereocenters. The van der Waals surface area contributed by atoms with Crippen molar-refractivity contribution in [3.8, 4) is 17.6 Å². The summed E-state index contributed by atoms with van der Waals surface area (Å²) in [5.74, 6) is 2.45. The third-order valence-corrected chi connectivity index (χ3v) is 7.64. The molecule has 0 N–H and O–H groups in total. The Morgan fingerprint density at radius 2 is 1.73 bits per heavy atom. The van der Waals surface area contributed by atoms with Gasteiger partial charge in [0.15, 0.2) is 0 Å². The molecule has 1 aliphatic carbocycles. The molecule has 0 radical (unpaired) electrons. The van der Waals surface area contributed by atoms with Gasteiger partial charge in [-0.25, -0.2) is 0 Å². The highest BCUT2D eigenvalue weighted by molar-refractivity contribution is 5.38. The van der Waals surface area contributed by atoms with E-state index in [1.807, 2.05) is 6.07 Å². The number of aryl methyl sites for hydroxylation is 1. The Balaban J connectivity index is 1.57. The fourth-order valence-corrected chi connectivity index (χ4v) is 5.46. The number of hydrogen-bond donors (Lipinski definition) is 0. The maximum atomic E-state index is 10.4. The minimum atomic E-state index is -0.255. The molecular weight excluding hydrogens is 408 g/mol. The predicted octanol–water partition coefficient (Wildman–Crippen LogP) is 5.93. The van der Waals surface area contributed by atoms with Crippen LogP contribution in [-0.2, 0) is 19.3 Å². The average molecular weight is 449 g/mol. The second-order valence-corrected chi connectivity index (χ2v) is 9.89. The van der Waals surface area contributed by atoms with Crippen molar-refractivity contribution in [2.24, 2.45) is 17.3 Å². The highest BCUT2D eigenvalue weighted by Crippen LogP contribution is 2.46. The Morgan fingerprint density at radius 1 is 1.06 bits per heavy atom. The van der Waals surface area contributed by atoms with E-state index in [0.29, 0.717) is 11.8 Å². The van der Waals surface area contributed by atoms with Crippen LogP contribution in [-0.4, -0.2) is 39.3 Å². The first-order chi connectivity index (χ1) is 15.9. The third-order valence-electron chi connectivity index (χ3n) is 7.64. The molecule has 0 amide bonds. The van der Waals surface area contributed by atoms with Crippen molar-refractivity contribution >= 4 is 0 Å². The first-order valence-electron chi connectivity index (χ1n) is 12.3. The van der Waals surface area contributed by atoms with E-state index in [1.165, 1.54) is 16.7 Å². The van der Waals surface area contributed by atoms with Gasteiger partial charge in [-0.3, -0.25) is 0 Å². The summed E-state index contributed by atoms with van der Waals surface area (Å²) >= 11 is 0. The van der Waals surface area contributed by atoms with Crippen LogP contribution in [0.3, 0.4) is 0 Å². The Bertz CT molecular complexity index is 927. The van der Waals surface area contributed by atoms with E-state index in [2.05, 4.69) is 68.3 Å². The van der Waals surface area contributed by atoms with E-state index in [9.17, 15) is 5.26 Å². The van der Waals surface area contributed by atoms with Gasteiger partial charge in [0.25, 0.3) is 0 Å². The molecule has 33 heavy (non-hydrogen) atoms. The number of rotatable bonds is 11. The molecule has 0 saturated heterocycles. The summed E-state index contributed by atoms with van der Waals surface area (Å²) in [6.07, 6.45) is 6.21. The number of fused-ring (bicyclic) bond motifs is 1. The monoisotopic (exact) mass is 448 g/mol. The molecule has 0 spiro atoms. The lowest BCUT2D eigenvalue weighted by molar-refractivity contribution is 0.124. The Morgan fingerprint density at radius 3 is 2.33 bits per heavy atom. The molecule has 2 atom stereocenters. The van der Waals surface area contributed by atoms with Gasteiger partial charge in [0.05, 0.1) is 25.7 Å². The quantitative estimate of drug-likeness (QED) is 0.427. The van der Waals surface area contributed by atoms with Crippen LogP contribution >= 0.6 is 0 Å². The van der Waals surface area contributed by atoms with Crippen molar-refractivity contribution in [2.75, 3.05) is 34.4 Å². The maximum Gasteiger partial charge on any atom is 0.122 e. The van der Waals surface area contributed by atoms with E-state index >= 15 is 0 Å². The molecule has 2 aromatic carbocycles. The lowest BCUT2D eigenvalue weighted by Gasteiger charge is -2.41. The highest BCUT2D eigenvalue weighted by Gasteiger charge is 2.42. The third kappa shape index (κ3) is 6.09. The number of benzene rings is 2. The summed E-state index contributed by atoms with van der Waals surface area (Å²) < 4.78 is 10.8. The molecular formula is C29H40N2O2. The van der Waals surface area contributed by atoms with Gasteiger partial charge in [-0.1, -0.05) is 38.1 Å². The van der Waals surface area contributed by atoms with Gasteiger partial charge in [-0.2, -0.15) is 5.26 Å². The molecule has 0 saturated carbocycles. The van der Waals surface area contributed by atoms with E-state index in [0.717, 1.165) is 63.1 Å². The van der Waals surface area contributed by atoms with Crippen molar-refractivity contribution in [2.45, 2.75) is 52.4 Å². The van der Waals surface area contributed by atoms with E-state index < -0.39 is 0 Å². The maximum absolute atomic E-state index is 10.4. The number of ether oxygens (including phenoxy) is 2. The molecule has 178 valence electrons. The first kappa shape index (κ1) is 25.1. The van der Waals surface area contributed by atoms with Crippen molar-refractivity contribution < 1.29 is 9.47 Å². The average Bonchev–Trinajstić information content (AvgIpc) is 2.84. The molecule has 0 aromatic heterocycles. The molecule has 0 aliphatic heterocycles. The smallest absolute Gasteiger partial charge is 0.122 e. The standard InChI is InChI=1S/C29H40N2O2/c1-22(2)29(21-30,26-12-11-24-9-6-7-10-25(24)19-26)14-8-15-31(3)16-13-23-17-27(32-4)20-28(18-23)33-5/h6-7,9-10,17-18,20,22,26H,8,11-16,19H2,1-5H3. The lowest BCUT2D eigenvalue weighted by Crippen LogP contribution is -2.38. The van der Waals surface area contributed by atoms with Crippen LogP contribution < -0.4 is 9.47 Å². The van der Waals surface area contributed by atoms with Crippen molar-refractivity contribution in [1.82, 2.24) is 4.90 Å². The Labute approximate surface area is 200 Å². The van der Waals surface area contributed by atoms with Gasteiger partial charge in [0.1, 0.15) is 11.5 Å². The minimum absolute atomic E-state index is 0.255. The van der Waals surface area contributed by atoms with Gasteiger partial charge < -0.3 is 14.4 Å². The number of likely N-dealkylation sites (N-methyl/N-ethyl adjacent to an activating group) is 1. The largest absolute Gasteiger partial charge is 0.497 e. The second kappa shape index (κ2) is 11.6. The van der Waals surface area contributed by atoms with Crippen LogP contribution in [0.4, 0.5) is 0 Å². The summed E-state index contributed by atoms with van der Waals surface area (Å²) in [5.41, 5.74) is 3.87. The number of nitriles is 1. The minimum Gasteiger partial charge on any atom is -0.497 e. The van der Waals surface area contributed by atoms with Gasteiger partial charge >= 0.3 is 0 Å². The molecule has 0 heterocycles. The van der Waals surface area contributed by atoms with Crippen LogP contribution in [0.25, 0.3) is 0 Å². The normalized spacial score (nSPS) is 17.3.